The Morgan fingerprint density at radius 3 is 1.12 bits per heavy atom. The minimum absolute atomic E-state index is 0.826. The summed E-state index contributed by atoms with van der Waals surface area (Å²) >= 11 is -0.826. The molecule has 0 atom stereocenters. The van der Waals surface area contributed by atoms with E-state index in [1.54, 1.807) is 0 Å². The molecule has 0 unspecified atom stereocenters. The number of hydrogen-bond acceptors (Lipinski definition) is 0. The summed E-state index contributed by atoms with van der Waals surface area (Å²) in [6.07, 6.45) is 6.71. The monoisotopic (exact) mass is 892 g/mol. The van der Waals surface area contributed by atoms with Crippen LogP contribution in [-0.2, 0) is 46.5 Å². The standard InChI is InChI=1S/2C26H25.C2H6Si.2ClH.Zr/c2*1-3-10-21-15-16-22-17-19(4-2)18-25(22)26(21)24-14-9-8-13-23(24)20-11-6-5-7-12-20;1-3-2;;;/h2*5-9,11-18H,3-4,10H2,1-2H3;1-2H3;2*1H;/q2*-1;;;;+4/p-2. The Kier molecular flexibility index (Phi) is 18.5. The zero-order chi connectivity index (χ0) is 41.3. The van der Waals surface area contributed by atoms with E-state index < -0.39 is 20.8 Å². The molecular formula is C54H56Cl2SiZr. The molecule has 8 aromatic carbocycles. The summed E-state index contributed by atoms with van der Waals surface area (Å²) in [6.45, 7) is 13.3. The second-order valence-electron chi connectivity index (χ2n) is 14.5. The first-order valence-electron chi connectivity index (χ1n) is 20.7. The van der Waals surface area contributed by atoms with Gasteiger partial charge >= 0.3 is 37.9 Å². The fourth-order valence-electron chi connectivity index (χ4n) is 7.92. The molecule has 0 saturated heterocycles. The van der Waals surface area contributed by atoms with Gasteiger partial charge in [-0.2, -0.15) is 12.1 Å². The molecule has 0 nitrogen and oxygen atoms in total. The van der Waals surface area contributed by atoms with Crippen LogP contribution in [0.5, 0.6) is 0 Å². The van der Waals surface area contributed by atoms with Gasteiger partial charge in [-0.25, -0.2) is 0 Å². The summed E-state index contributed by atoms with van der Waals surface area (Å²) in [7, 11) is 11.0. The van der Waals surface area contributed by atoms with Crippen molar-refractivity contribution >= 4 is 48.1 Å². The van der Waals surface area contributed by atoms with Crippen LogP contribution in [-0.4, -0.2) is 9.52 Å². The van der Waals surface area contributed by atoms with Crippen molar-refractivity contribution in [2.45, 2.75) is 79.3 Å². The molecule has 8 rings (SSSR count). The van der Waals surface area contributed by atoms with Crippen LogP contribution in [0.1, 0.15) is 62.8 Å². The molecule has 0 heterocycles. The van der Waals surface area contributed by atoms with Gasteiger partial charge in [-0.05, 0) is 59.1 Å². The van der Waals surface area contributed by atoms with Crippen molar-refractivity contribution < 1.29 is 20.8 Å². The molecular weight excluding hydrogens is 839 g/mol. The van der Waals surface area contributed by atoms with Crippen LogP contribution in [0, 0.1) is 0 Å². The van der Waals surface area contributed by atoms with Crippen molar-refractivity contribution in [2.75, 3.05) is 0 Å². The SMILES string of the molecule is CCCc1ccc2[cH-]c(CC)cc2c1-c1ccccc1-c1ccccc1.CCCc1ccc2[cH-]c(CC)cc2c1-c1ccccc1-c1ccccc1.C[Si]C.[Cl][Zr+2][Cl]. The van der Waals surface area contributed by atoms with Crippen molar-refractivity contribution in [1.82, 2.24) is 0 Å². The average Bonchev–Trinajstić information content (AvgIpc) is 3.90. The van der Waals surface area contributed by atoms with Gasteiger partial charge in [0.15, 0.2) is 0 Å². The van der Waals surface area contributed by atoms with Crippen molar-refractivity contribution in [3.05, 3.63) is 180 Å². The van der Waals surface area contributed by atoms with Crippen LogP contribution in [0.2, 0.25) is 13.1 Å². The second kappa shape index (κ2) is 23.7. The van der Waals surface area contributed by atoms with Gasteiger partial charge in [0.2, 0.25) is 0 Å². The number of hydrogen-bond donors (Lipinski definition) is 0. The fraction of sp³-hybridized carbons (Fsp3) is 0.222. The van der Waals surface area contributed by atoms with E-state index in [9.17, 15) is 0 Å². The van der Waals surface area contributed by atoms with Gasteiger partial charge < -0.3 is 0 Å². The maximum absolute atomic E-state index is 4.93. The predicted octanol–water partition coefficient (Wildman–Crippen LogP) is 17.0. The molecule has 4 heteroatoms. The fourth-order valence-corrected chi connectivity index (χ4v) is 7.92. The van der Waals surface area contributed by atoms with E-state index in [0.717, 1.165) is 48.0 Å². The maximum atomic E-state index is 4.93. The molecule has 0 aliphatic heterocycles. The first-order valence-corrected chi connectivity index (χ1v) is 29.1. The Morgan fingerprint density at radius 2 is 0.793 bits per heavy atom. The Hall–Kier alpha value is -3.78. The van der Waals surface area contributed by atoms with Gasteiger partial charge in [0, 0.05) is 9.52 Å². The van der Waals surface area contributed by atoms with E-state index >= 15 is 0 Å². The molecule has 0 aromatic heterocycles. The van der Waals surface area contributed by atoms with Gasteiger partial charge in [0.25, 0.3) is 0 Å². The third kappa shape index (κ3) is 11.3. The predicted molar refractivity (Wildman–Crippen MR) is 257 cm³/mol. The first kappa shape index (κ1) is 45.3. The van der Waals surface area contributed by atoms with E-state index in [2.05, 4.69) is 199 Å². The first-order chi connectivity index (χ1) is 28.5. The molecule has 2 radical (unpaired) electrons. The minimum atomic E-state index is -0.826. The van der Waals surface area contributed by atoms with Gasteiger partial charge in [-0.3, -0.25) is 0 Å². The van der Waals surface area contributed by atoms with Crippen LogP contribution in [0.4, 0.5) is 0 Å². The Bertz CT molecular complexity index is 2270. The number of rotatable bonds is 10. The zero-order valence-corrected chi connectivity index (χ0v) is 40.0. The van der Waals surface area contributed by atoms with E-state index in [1.165, 1.54) is 88.3 Å². The quantitative estimate of drug-likeness (QED) is 0.0948. The van der Waals surface area contributed by atoms with Gasteiger partial charge in [-0.15, -0.1) is 69.1 Å². The zero-order valence-electron chi connectivity index (χ0n) is 35.0. The van der Waals surface area contributed by atoms with Crippen molar-refractivity contribution in [1.29, 1.82) is 0 Å². The average molecular weight is 895 g/mol. The Labute approximate surface area is 369 Å². The van der Waals surface area contributed by atoms with Gasteiger partial charge in [-0.1, -0.05) is 185 Å². The summed E-state index contributed by atoms with van der Waals surface area (Å²) in [6, 6.07) is 58.0. The van der Waals surface area contributed by atoms with Crippen LogP contribution in [0.25, 0.3) is 66.1 Å². The van der Waals surface area contributed by atoms with E-state index in [-0.39, 0.29) is 0 Å². The summed E-state index contributed by atoms with van der Waals surface area (Å²) in [4.78, 5) is 0. The number of aryl methyl sites for hydroxylation is 4. The molecule has 0 saturated carbocycles. The van der Waals surface area contributed by atoms with E-state index in [1.807, 2.05) is 0 Å². The summed E-state index contributed by atoms with van der Waals surface area (Å²) in [5.41, 5.74) is 16.5. The Balaban J connectivity index is 0.000000195. The third-order valence-electron chi connectivity index (χ3n) is 10.5. The van der Waals surface area contributed by atoms with Crippen molar-refractivity contribution in [3.8, 4) is 44.5 Å². The van der Waals surface area contributed by atoms with Crippen LogP contribution in [0.3, 0.4) is 0 Å². The third-order valence-corrected chi connectivity index (χ3v) is 10.5. The number of halogens is 2. The summed E-state index contributed by atoms with van der Waals surface area (Å²) < 4.78 is 0. The molecule has 0 bridgehead atoms. The van der Waals surface area contributed by atoms with Crippen LogP contribution in [0.15, 0.2) is 158 Å². The topological polar surface area (TPSA) is 0 Å². The molecule has 0 N–H and O–H groups in total. The summed E-state index contributed by atoms with van der Waals surface area (Å²) in [5.74, 6) is 0. The summed E-state index contributed by atoms with van der Waals surface area (Å²) in [5, 5.41) is 5.52. The molecule has 58 heavy (non-hydrogen) atoms. The second-order valence-corrected chi connectivity index (χ2v) is 19.3. The van der Waals surface area contributed by atoms with Crippen LogP contribution < -0.4 is 0 Å². The van der Waals surface area contributed by atoms with Gasteiger partial charge in [0.05, 0.1) is 0 Å². The van der Waals surface area contributed by atoms with E-state index in [4.69, 9.17) is 17.0 Å². The van der Waals surface area contributed by atoms with Crippen molar-refractivity contribution in [2.24, 2.45) is 0 Å². The van der Waals surface area contributed by atoms with Crippen LogP contribution >= 0.6 is 17.0 Å². The van der Waals surface area contributed by atoms with E-state index in [0.29, 0.717) is 0 Å². The number of benzene rings is 6. The normalized spacial score (nSPS) is 10.5. The molecule has 0 spiro atoms. The number of fused-ring (bicyclic) bond motifs is 2. The molecule has 8 aromatic rings. The molecule has 0 aliphatic rings. The van der Waals surface area contributed by atoms with Crippen molar-refractivity contribution in [3.63, 3.8) is 0 Å². The molecule has 0 amide bonds. The molecule has 0 aliphatic carbocycles. The van der Waals surface area contributed by atoms with Gasteiger partial charge in [0.1, 0.15) is 0 Å². The molecule has 0 fully saturated rings. The molecule has 294 valence electrons. The Morgan fingerprint density at radius 1 is 0.466 bits per heavy atom.